The van der Waals surface area contributed by atoms with Gasteiger partial charge in [-0.1, -0.05) is 35.5 Å². The molecule has 2 heterocycles. The smallest absolute Gasteiger partial charge is 0.245 e. The molecule has 0 aliphatic carbocycles. The molecule has 1 aromatic carbocycles. The largest absolute Gasteiger partial charge is 0.361 e. The van der Waals surface area contributed by atoms with E-state index in [-0.39, 0.29) is 11.8 Å². The molecule has 25 heavy (non-hydrogen) atoms. The number of hydrogen-bond donors (Lipinski definition) is 1. The zero-order chi connectivity index (χ0) is 18.0. The minimum absolute atomic E-state index is 0.0248. The lowest BCUT2D eigenvalue weighted by Gasteiger charge is -2.18. The van der Waals surface area contributed by atoms with Crippen LogP contribution in [0.25, 0.3) is 0 Å². The average Bonchev–Trinajstić information content (AvgIpc) is 3.11. The third-order valence-electron chi connectivity index (χ3n) is 4.75. The molecule has 6 nitrogen and oxygen atoms in total. The van der Waals surface area contributed by atoms with Gasteiger partial charge in [0, 0.05) is 18.7 Å². The van der Waals surface area contributed by atoms with Crippen molar-refractivity contribution in [2.75, 3.05) is 6.54 Å². The zero-order valence-corrected chi connectivity index (χ0v) is 14.8. The summed E-state index contributed by atoms with van der Waals surface area (Å²) in [6, 6.07) is 9.41. The number of nitrogens with one attached hydrogen (secondary N) is 1. The van der Waals surface area contributed by atoms with Crippen molar-refractivity contribution in [1.82, 2.24) is 15.4 Å². The third-order valence-corrected chi connectivity index (χ3v) is 4.75. The number of carbonyl (C=O) groups is 2. The Kier molecular flexibility index (Phi) is 4.88. The van der Waals surface area contributed by atoms with Crippen molar-refractivity contribution < 1.29 is 14.1 Å². The molecule has 1 aromatic heterocycles. The summed E-state index contributed by atoms with van der Waals surface area (Å²) < 4.78 is 5.14. The number of amides is 2. The summed E-state index contributed by atoms with van der Waals surface area (Å²) in [6.45, 7) is 6.65. The third kappa shape index (κ3) is 3.57. The van der Waals surface area contributed by atoms with Crippen LogP contribution in [0.5, 0.6) is 0 Å². The SMILES string of the molecule is Cc1noc(C)c1[C@@H](C)C(=O)N[C@@H]1CCN(Cc2ccccc2)C1=O. The maximum atomic E-state index is 12.6. The summed E-state index contributed by atoms with van der Waals surface area (Å²) >= 11 is 0. The number of benzene rings is 1. The predicted molar refractivity (Wildman–Crippen MR) is 92.8 cm³/mol. The number of hydrogen-bond acceptors (Lipinski definition) is 4. The Morgan fingerprint density at radius 3 is 2.72 bits per heavy atom. The molecule has 2 aromatic rings. The highest BCUT2D eigenvalue weighted by atomic mass is 16.5. The molecule has 1 N–H and O–H groups in total. The van der Waals surface area contributed by atoms with Gasteiger partial charge in [0.25, 0.3) is 0 Å². The van der Waals surface area contributed by atoms with Crippen LogP contribution in [0.1, 0.15) is 41.8 Å². The highest BCUT2D eigenvalue weighted by Gasteiger charge is 2.34. The van der Waals surface area contributed by atoms with E-state index in [0.717, 1.165) is 11.1 Å². The van der Waals surface area contributed by atoms with E-state index in [4.69, 9.17) is 4.52 Å². The van der Waals surface area contributed by atoms with E-state index in [2.05, 4.69) is 10.5 Å². The summed E-state index contributed by atoms with van der Waals surface area (Å²) in [5.41, 5.74) is 2.60. The van der Waals surface area contributed by atoms with Gasteiger partial charge in [0.05, 0.1) is 11.6 Å². The predicted octanol–water partition coefficient (Wildman–Crippen LogP) is 2.31. The van der Waals surface area contributed by atoms with Crippen LogP contribution in [-0.4, -0.2) is 34.5 Å². The number of nitrogens with zero attached hydrogens (tertiary/aromatic N) is 2. The van der Waals surface area contributed by atoms with Gasteiger partial charge in [0.15, 0.2) is 0 Å². The normalized spacial score (nSPS) is 18.4. The number of aromatic nitrogens is 1. The second-order valence-electron chi connectivity index (χ2n) is 6.55. The van der Waals surface area contributed by atoms with Gasteiger partial charge in [-0.15, -0.1) is 0 Å². The van der Waals surface area contributed by atoms with Crippen LogP contribution in [0.4, 0.5) is 0 Å². The number of carbonyl (C=O) groups excluding carboxylic acids is 2. The molecule has 0 unspecified atom stereocenters. The quantitative estimate of drug-likeness (QED) is 0.905. The molecular weight excluding hydrogens is 318 g/mol. The average molecular weight is 341 g/mol. The molecule has 6 heteroatoms. The van der Waals surface area contributed by atoms with Crippen molar-refractivity contribution >= 4 is 11.8 Å². The molecule has 0 bridgehead atoms. The van der Waals surface area contributed by atoms with E-state index in [9.17, 15) is 9.59 Å². The Labute approximate surface area is 147 Å². The van der Waals surface area contributed by atoms with Crippen molar-refractivity contribution in [3.63, 3.8) is 0 Å². The van der Waals surface area contributed by atoms with Gasteiger partial charge < -0.3 is 14.7 Å². The molecule has 0 saturated carbocycles. The molecule has 1 saturated heterocycles. The van der Waals surface area contributed by atoms with Crippen molar-refractivity contribution in [2.45, 2.75) is 45.7 Å². The first kappa shape index (κ1) is 17.2. The summed E-state index contributed by atoms with van der Waals surface area (Å²) in [6.07, 6.45) is 0.631. The lowest BCUT2D eigenvalue weighted by molar-refractivity contribution is -0.133. The van der Waals surface area contributed by atoms with Crippen LogP contribution in [0.2, 0.25) is 0 Å². The lowest BCUT2D eigenvalue weighted by atomic mass is 9.98. The first-order valence-corrected chi connectivity index (χ1v) is 8.53. The van der Waals surface area contributed by atoms with Crippen LogP contribution in [0, 0.1) is 13.8 Å². The molecule has 0 spiro atoms. The molecule has 3 rings (SSSR count). The molecule has 1 aliphatic heterocycles. The summed E-state index contributed by atoms with van der Waals surface area (Å²) in [4.78, 5) is 26.9. The number of rotatable bonds is 5. The lowest BCUT2D eigenvalue weighted by Crippen LogP contribution is -2.43. The van der Waals surface area contributed by atoms with E-state index in [1.807, 2.05) is 44.2 Å². The summed E-state index contributed by atoms with van der Waals surface area (Å²) in [5.74, 6) is 0.0447. The van der Waals surface area contributed by atoms with Crippen LogP contribution < -0.4 is 5.32 Å². The maximum absolute atomic E-state index is 12.6. The van der Waals surface area contributed by atoms with Gasteiger partial charge in [-0.25, -0.2) is 0 Å². The maximum Gasteiger partial charge on any atom is 0.245 e. The van der Waals surface area contributed by atoms with Gasteiger partial charge in [-0.05, 0) is 32.8 Å². The second-order valence-corrected chi connectivity index (χ2v) is 6.55. The Hall–Kier alpha value is -2.63. The first-order chi connectivity index (χ1) is 12.0. The highest BCUT2D eigenvalue weighted by molar-refractivity contribution is 5.91. The summed E-state index contributed by atoms with van der Waals surface area (Å²) in [7, 11) is 0. The second kappa shape index (κ2) is 7.09. The van der Waals surface area contributed by atoms with Crippen molar-refractivity contribution in [2.24, 2.45) is 0 Å². The van der Waals surface area contributed by atoms with Crippen LogP contribution in [-0.2, 0) is 16.1 Å². The van der Waals surface area contributed by atoms with Gasteiger partial charge in [-0.2, -0.15) is 0 Å². The molecule has 2 amide bonds. The fourth-order valence-corrected chi connectivity index (χ4v) is 3.37. The molecule has 132 valence electrons. The van der Waals surface area contributed by atoms with Gasteiger partial charge >= 0.3 is 0 Å². The summed E-state index contributed by atoms with van der Waals surface area (Å²) in [5, 5.41) is 6.78. The monoisotopic (exact) mass is 341 g/mol. The zero-order valence-electron chi connectivity index (χ0n) is 14.8. The Bertz CT molecular complexity index is 750. The van der Waals surface area contributed by atoms with E-state index in [1.54, 1.807) is 11.8 Å². The first-order valence-electron chi connectivity index (χ1n) is 8.53. The minimum Gasteiger partial charge on any atom is -0.361 e. The van der Waals surface area contributed by atoms with Crippen molar-refractivity contribution in [3.05, 3.63) is 52.9 Å². The Morgan fingerprint density at radius 2 is 2.08 bits per heavy atom. The van der Waals surface area contributed by atoms with Gasteiger partial charge in [-0.3, -0.25) is 9.59 Å². The molecule has 1 fully saturated rings. The fraction of sp³-hybridized carbons (Fsp3) is 0.421. The van der Waals surface area contributed by atoms with E-state index in [0.29, 0.717) is 31.0 Å². The van der Waals surface area contributed by atoms with E-state index < -0.39 is 12.0 Å². The molecule has 0 radical (unpaired) electrons. The number of aryl methyl sites for hydroxylation is 2. The number of likely N-dealkylation sites (tertiary alicyclic amines) is 1. The van der Waals surface area contributed by atoms with E-state index >= 15 is 0 Å². The van der Waals surface area contributed by atoms with E-state index in [1.165, 1.54) is 0 Å². The fourth-order valence-electron chi connectivity index (χ4n) is 3.37. The minimum atomic E-state index is -0.459. The molecular formula is C19H23N3O3. The van der Waals surface area contributed by atoms with Crippen LogP contribution in [0.15, 0.2) is 34.9 Å². The highest BCUT2D eigenvalue weighted by Crippen LogP contribution is 2.24. The van der Waals surface area contributed by atoms with Crippen molar-refractivity contribution in [1.29, 1.82) is 0 Å². The van der Waals surface area contributed by atoms with Gasteiger partial charge in [0.1, 0.15) is 11.8 Å². The van der Waals surface area contributed by atoms with Crippen LogP contribution >= 0.6 is 0 Å². The van der Waals surface area contributed by atoms with Crippen LogP contribution in [0.3, 0.4) is 0 Å². The topological polar surface area (TPSA) is 75.4 Å². The van der Waals surface area contributed by atoms with Crippen molar-refractivity contribution in [3.8, 4) is 0 Å². The molecule has 2 atom stereocenters. The standard InChI is InChI=1S/C19H23N3O3/c1-12(17-13(2)21-25-14(17)3)18(23)20-16-9-10-22(19(16)24)11-15-7-5-4-6-8-15/h4-8,12,16H,9-11H2,1-3H3,(H,20,23)/t12-,16-/m1/s1. The Balaban J connectivity index is 1.62. The Morgan fingerprint density at radius 1 is 1.36 bits per heavy atom. The van der Waals surface area contributed by atoms with Gasteiger partial charge in [0.2, 0.25) is 11.8 Å². The molecule has 1 aliphatic rings.